The molecule has 24 heavy (non-hydrogen) atoms. The maximum Gasteiger partial charge on any atom is 0.143 e. The monoisotopic (exact) mass is 322 g/mol. The molecule has 2 N–H and O–H groups in total. The molecule has 3 aromatic rings. The number of hydrogen-bond acceptors (Lipinski definition) is 4. The van der Waals surface area contributed by atoms with Gasteiger partial charge >= 0.3 is 0 Å². The van der Waals surface area contributed by atoms with Crippen LogP contribution in [0.4, 0.5) is 5.69 Å². The molecule has 0 saturated carbocycles. The topological polar surface area (TPSA) is 62.5 Å². The Hall–Kier alpha value is -2.34. The fourth-order valence-electron chi connectivity index (χ4n) is 2.38. The van der Waals surface area contributed by atoms with E-state index in [-0.39, 0.29) is 0 Å². The molecule has 3 rings (SSSR count). The summed E-state index contributed by atoms with van der Waals surface area (Å²) in [4.78, 5) is 8.57. The molecule has 5 nitrogen and oxygen atoms in total. The maximum atomic E-state index is 10.2. The Morgan fingerprint density at radius 1 is 1.29 bits per heavy atom. The second kappa shape index (κ2) is 7.49. The first kappa shape index (κ1) is 18.0. The van der Waals surface area contributed by atoms with Crippen molar-refractivity contribution in [3.8, 4) is 0 Å². The number of pyridine rings is 2. The van der Waals surface area contributed by atoms with Gasteiger partial charge in [0.15, 0.2) is 0 Å². The quantitative estimate of drug-likeness (QED) is 0.724. The van der Waals surface area contributed by atoms with Crippen molar-refractivity contribution in [1.82, 2.24) is 14.4 Å². The van der Waals surface area contributed by atoms with E-state index in [2.05, 4.69) is 15.3 Å². The van der Waals surface area contributed by atoms with Gasteiger partial charge in [0.1, 0.15) is 13.5 Å². The molecule has 2 radical (unpaired) electrons. The fraction of sp³-hybridized carbons (Fsp3) is 0.333. The van der Waals surface area contributed by atoms with Gasteiger partial charge in [-0.3, -0.25) is 4.98 Å². The van der Waals surface area contributed by atoms with Gasteiger partial charge in [-0.1, -0.05) is 19.9 Å². The minimum Gasteiger partial charge on any atom is -0.386 e. The Morgan fingerprint density at radius 3 is 2.71 bits per heavy atom. The SMILES string of the molecule is CC.[B]c1cc(NCc2cn3cccc(C(C)(C)O)c3n2)ccn1. The van der Waals surface area contributed by atoms with Crippen LogP contribution in [0.5, 0.6) is 0 Å². The molecule has 0 bridgehead atoms. The summed E-state index contributed by atoms with van der Waals surface area (Å²) in [6.07, 6.45) is 5.53. The second-order valence-corrected chi connectivity index (χ2v) is 5.77. The molecular weight excluding hydrogens is 299 g/mol. The van der Waals surface area contributed by atoms with Crippen LogP contribution in [0.15, 0.2) is 42.9 Å². The third kappa shape index (κ3) is 4.14. The molecule has 3 aromatic heterocycles. The number of aliphatic hydroxyl groups is 1. The van der Waals surface area contributed by atoms with Gasteiger partial charge in [-0.25, -0.2) is 4.98 Å². The van der Waals surface area contributed by atoms with Crippen LogP contribution < -0.4 is 10.9 Å². The van der Waals surface area contributed by atoms with Crippen LogP contribution in [0.2, 0.25) is 0 Å². The number of rotatable bonds is 4. The molecule has 0 amide bonds. The molecule has 0 aliphatic rings. The highest BCUT2D eigenvalue weighted by Crippen LogP contribution is 2.24. The molecule has 0 aromatic carbocycles. The first-order valence-electron chi connectivity index (χ1n) is 8.08. The van der Waals surface area contributed by atoms with E-state index in [9.17, 15) is 5.11 Å². The number of imidazole rings is 1. The third-order valence-electron chi connectivity index (χ3n) is 3.45. The van der Waals surface area contributed by atoms with E-state index in [0.717, 1.165) is 22.6 Å². The molecule has 0 aliphatic heterocycles. The van der Waals surface area contributed by atoms with Crippen LogP contribution in [-0.4, -0.2) is 27.3 Å². The van der Waals surface area contributed by atoms with E-state index >= 15 is 0 Å². The second-order valence-electron chi connectivity index (χ2n) is 5.77. The van der Waals surface area contributed by atoms with Crippen molar-refractivity contribution >= 4 is 24.8 Å². The summed E-state index contributed by atoms with van der Waals surface area (Å²) in [5, 5.41) is 13.5. The lowest BCUT2D eigenvalue weighted by Gasteiger charge is -2.17. The molecule has 0 saturated heterocycles. The summed E-state index contributed by atoms with van der Waals surface area (Å²) in [7, 11) is 5.66. The summed E-state index contributed by atoms with van der Waals surface area (Å²) in [5.41, 5.74) is 2.89. The highest BCUT2D eigenvalue weighted by atomic mass is 16.3. The average molecular weight is 322 g/mol. The summed E-state index contributed by atoms with van der Waals surface area (Å²) >= 11 is 0. The zero-order valence-electron chi connectivity index (χ0n) is 14.6. The summed E-state index contributed by atoms with van der Waals surface area (Å²) in [5.74, 6) is 0. The first-order valence-corrected chi connectivity index (χ1v) is 8.08. The summed E-state index contributed by atoms with van der Waals surface area (Å²) in [6, 6.07) is 7.43. The van der Waals surface area contributed by atoms with Crippen LogP contribution >= 0.6 is 0 Å². The predicted octanol–water partition coefficient (Wildman–Crippen LogP) is 2.39. The van der Waals surface area contributed by atoms with Gasteiger partial charge < -0.3 is 14.8 Å². The first-order chi connectivity index (χ1) is 11.4. The van der Waals surface area contributed by atoms with Crippen LogP contribution in [-0.2, 0) is 12.1 Å². The Balaban J connectivity index is 0.00000100. The van der Waals surface area contributed by atoms with Gasteiger partial charge in [-0.05, 0) is 37.6 Å². The lowest BCUT2D eigenvalue weighted by atomic mass is 10.00. The largest absolute Gasteiger partial charge is 0.386 e. The molecule has 6 heteroatoms. The zero-order valence-corrected chi connectivity index (χ0v) is 14.6. The lowest BCUT2D eigenvalue weighted by Crippen LogP contribution is -2.16. The van der Waals surface area contributed by atoms with Gasteiger partial charge in [-0.2, -0.15) is 0 Å². The molecule has 0 spiro atoms. The van der Waals surface area contributed by atoms with E-state index in [4.69, 9.17) is 7.85 Å². The van der Waals surface area contributed by atoms with Gasteiger partial charge in [0.2, 0.25) is 0 Å². The molecule has 0 unspecified atom stereocenters. The number of anilines is 1. The van der Waals surface area contributed by atoms with Gasteiger partial charge in [0.25, 0.3) is 0 Å². The van der Waals surface area contributed by atoms with Crippen molar-refractivity contribution in [2.45, 2.75) is 39.8 Å². The highest BCUT2D eigenvalue weighted by Gasteiger charge is 2.20. The minimum absolute atomic E-state index is 0.476. The van der Waals surface area contributed by atoms with Crippen molar-refractivity contribution in [2.24, 2.45) is 0 Å². The number of nitrogens with one attached hydrogen (secondary N) is 1. The van der Waals surface area contributed by atoms with Crippen molar-refractivity contribution in [1.29, 1.82) is 0 Å². The number of fused-ring (bicyclic) bond motifs is 1. The third-order valence-corrected chi connectivity index (χ3v) is 3.45. The number of nitrogens with zero attached hydrogens (tertiary/aromatic N) is 3. The fourth-order valence-corrected chi connectivity index (χ4v) is 2.38. The van der Waals surface area contributed by atoms with Crippen molar-refractivity contribution in [2.75, 3.05) is 5.32 Å². The van der Waals surface area contributed by atoms with Crippen molar-refractivity contribution in [3.05, 3.63) is 54.1 Å². The molecule has 124 valence electrons. The van der Waals surface area contributed by atoms with Crippen molar-refractivity contribution in [3.63, 3.8) is 0 Å². The Labute approximate surface area is 144 Å². The van der Waals surface area contributed by atoms with E-state index < -0.39 is 5.60 Å². The van der Waals surface area contributed by atoms with Gasteiger partial charge in [0.05, 0.1) is 17.8 Å². The summed E-state index contributed by atoms with van der Waals surface area (Å²) in [6.45, 7) is 8.08. The van der Waals surface area contributed by atoms with E-state index in [1.807, 2.05) is 48.8 Å². The van der Waals surface area contributed by atoms with Crippen LogP contribution in [0.1, 0.15) is 39.0 Å². The number of aromatic nitrogens is 3. The van der Waals surface area contributed by atoms with Crippen LogP contribution in [0, 0.1) is 0 Å². The minimum atomic E-state index is -0.932. The Bertz CT molecular complexity index is 808. The Kier molecular flexibility index (Phi) is 5.62. The van der Waals surface area contributed by atoms with E-state index in [1.54, 1.807) is 26.1 Å². The zero-order chi connectivity index (χ0) is 17.7. The van der Waals surface area contributed by atoms with E-state index in [0.29, 0.717) is 12.1 Å². The molecule has 3 heterocycles. The average Bonchev–Trinajstić information content (AvgIpc) is 2.97. The summed E-state index contributed by atoms with van der Waals surface area (Å²) < 4.78 is 1.92. The standard InChI is InChI=1S/C16H17BN4O.C2H6/c1-16(2,22)13-4-3-7-21-10-12(20-15(13)21)9-19-11-5-6-18-14(17)8-11;1-2/h3-8,10,22H,9H2,1-2H3,(H,18,19);1-2H3. The lowest BCUT2D eigenvalue weighted by molar-refractivity contribution is 0.0796. The smallest absolute Gasteiger partial charge is 0.143 e. The molecule has 0 aliphatic carbocycles. The highest BCUT2D eigenvalue weighted by molar-refractivity contribution is 6.30. The maximum absolute atomic E-state index is 10.2. The predicted molar refractivity (Wildman–Crippen MR) is 98.7 cm³/mol. The van der Waals surface area contributed by atoms with Crippen LogP contribution in [0.25, 0.3) is 5.65 Å². The molecular formula is C18H23BN4O. The molecule has 0 atom stereocenters. The van der Waals surface area contributed by atoms with E-state index in [1.165, 1.54) is 0 Å². The van der Waals surface area contributed by atoms with Gasteiger partial charge in [-0.15, -0.1) is 0 Å². The van der Waals surface area contributed by atoms with Crippen molar-refractivity contribution < 1.29 is 5.11 Å². The molecule has 0 fully saturated rings. The number of hydrogen-bond donors (Lipinski definition) is 2. The normalized spacial score (nSPS) is 11.0. The van der Waals surface area contributed by atoms with Crippen LogP contribution in [0.3, 0.4) is 0 Å². The van der Waals surface area contributed by atoms with Gasteiger partial charge in [0, 0.05) is 29.8 Å². The Morgan fingerprint density at radius 2 is 2.04 bits per heavy atom.